The molecule has 2 N–H and O–H groups in total. The van der Waals surface area contributed by atoms with E-state index in [0.29, 0.717) is 22.9 Å². The van der Waals surface area contributed by atoms with Crippen LogP contribution >= 0.6 is 0 Å². The Kier molecular flexibility index (Phi) is 3.86. The van der Waals surface area contributed by atoms with Crippen LogP contribution in [0.5, 0.6) is 5.75 Å². The molecule has 0 saturated carbocycles. The van der Waals surface area contributed by atoms with E-state index in [9.17, 15) is 0 Å². The van der Waals surface area contributed by atoms with Crippen molar-refractivity contribution in [1.82, 2.24) is 39.2 Å². The third kappa shape index (κ3) is 2.64. The fourth-order valence-corrected chi connectivity index (χ4v) is 3.74. The number of methoxy groups -OCH3 is 1. The van der Waals surface area contributed by atoms with E-state index in [1.54, 1.807) is 11.6 Å². The summed E-state index contributed by atoms with van der Waals surface area (Å²) in [4.78, 5) is 11.5. The van der Waals surface area contributed by atoms with Gasteiger partial charge in [-0.25, -0.2) is 9.97 Å². The van der Waals surface area contributed by atoms with Crippen LogP contribution in [-0.4, -0.2) is 59.4 Å². The summed E-state index contributed by atoms with van der Waals surface area (Å²) in [5.74, 6) is 3.70. The molecule has 0 fully saturated rings. The Morgan fingerprint density at radius 3 is 2.93 bits per heavy atom. The molecule has 1 aromatic carbocycles. The van der Waals surface area contributed by atoms with Gasteiger partial charge in [0.25, 0.3) is 0 Å². The van der Waals surface area contributed by atoms with E-state index in [1.165, 1.54) is 0 Å². The van der Waals surface area contributed by atoms with Gasteiger partial charge in [0.05, 0.1) is 13.7 Å². The number of rotatable bonds is 4. The molecule has 1 aliphatic rings. The molecule has 4 aromatic rings. The molecule has 0 spiro atoms. The van der Waals surface area contributed by atoms with E-state index >= 15 is 0 Å². The van der Waals surface area contributed by atoms with E-state index in [0.717, 1.165) is 55.5 Å². The van der Waals surface area contributed by atoms with Gasteiger partial charge in [0.2, 0.25) is 5.95 Å². The van der Waals surface area contributed by atoms with Crippen molar-refractivity contribution in [1.29, 1.82) is 0 Å². The fraction of sp³-hybridized carbons (Fsp3) is 0.389. The zero-order valence-electron chi connectivity index (χ0n) is 15.8. The number of nitrogen functional groups attached to an aromatic ring is 1. The van der Waals surface area contributed by atoms with Crippen molar-refractivity contribution in [2.75, 3.05) is 25.9 Å². The number of hydrogen-bond donors (Lipinski definition) is 1. The van der Waals surface area contributed by atoms with E-state index in [-0.39, 0.29) is 0 Å². The van der Waals surface area contributed by atoms with E-state index in [2.05, 4.69) is 29.7 Å². The standard InChI is InChI=1S/C18H21N9O/c1-11-22-23-15-10-25(8-9-26(11)15)7-6-14-20-17-12-4-3-5-13(28-2)16(12)21-18(19)27(17)24-14/h3-5H,6-10H2,1-2H3,(H2,19,21). The Balaban J connectivity index is 1.41. The minimum atomic E-state index is 0.298. The van der Waals surface area contributed by atoms with Crippen LogP contribution in [0.15, 0.2) is 18.2 Å². The van der Waals surface area contributed by atoms with Crippen LogP contribution in [0.3, 0.4) is 0 Å². The highest BCUT2D eigenvalue weighted by atomic mass is 16.5. The van der Waals surface area contributed by atoms with Crippen LogP contribution in [0.25, 0.3) is 16.6 Å². The first-order chi connectivity index (χ1) is 13.6. The summed E-state index contributed by atoms with van der Waals surface area (Å²) < 4.78 is 9.18. The summed E-state index contributed by atoms with van der Waals surface area (Å²) in [6.07, 6.45) is 0.722. The van der Waals surface area contributed by atoms with Crippen LogP contribution < -0.4 is 10.5 Å². The molecule has 28 heavy (non-hydrogen) atoms. The second-order valence-electron chi connectivity index (χ2n) is 6.93. The molecule has 4 heterocycles. The van der Waals surface area contributed by atoms with Gasteiger partial charge in [0.1, 0.15) is 22.9 Å². The summed E-state index contributed by atoms with van der Waals surface area (Å²) in [5.41, 5.74) is 7.51. The van der Waals surface area contributed by atoms with Gasteiger partial charge in [-0.3, -0.25) is 4.90 Å². The molecule has 3 aromatic heterocycles. The molecule has 0 aliphatic carbocycles. The minimum Gasteiger partial charge on any atom is -0.494 e. The molecular weight excluding hydrogens is 358 g/mol. The number of nitrogens with two attached hydrogens (primary N) is 1. The van der Waals surface area contributed by atoms with Crippen LogP contribution in [-0.2, 0) is 19.5 Å². The molecule has 10 nitrogen and oxygen atoms in total. The Bertz CT molecular complexity index is 1180. The van der Waals surface area contributed by atoms with Crippen LogP contribution in [0, 0.1) is 6.92 Å². The first-order valence-corrected chi connectivity index (χ1v) is 9.23. The quantitative estimate of drug-likeness (QED) is 0.555. The SMILES string of the molecule is COc1cccc2c1nc(N)n1nc(CCN3CCn4c(C)nnc4C3)nc21. The van der Waals surface area contributed by atoms with Gasteiger partial charge in [-0.05, 0) is 19.1 Å². The molecule has 0 atom stereocenters. The number of nitrogens with zero attached hydrogens (tertiary/aromatic N) is 8. The number of aromatic nitrogens is 7. The average molecular weight is 379 g/mol. The third-order valence-corrected chi connectivity index (χ3v) is 5.22. The number of aryl methyl sites for hydroxylation is 1. The van der Waals surface area contributed by atoms with Crippen molar-refractivity contribution in [3.63, 3.8) is 0 Å². The van der Waals surface area contributed by atoms with Crippen LogP contribution in [0.2, 0.25) is 0 Å². The number of benzene rings is 1. The molecular formula is C18H21N9O. The summed E-state index contributed by atoms with van der Waals surface area (Å²) in [6, 6.07) is 5.73. The van der Waals surface area contributed by atoms with Gasteiger partial charge in [-0.15, -0.1) is 15.3 Å². The molecule has 5 rings (SSSR count). The van der Waals surface area contributed by atoms with Crippen molar-refractivity contribution in [3.05, 3.63) is 35.7 Å². The first kappa shape index (κ1) is 16.9. The molecule has 0 unspecified atom stereocenters. The summed E-state index contributed by atoms with van der Waals surface area (Å²) >= 11 is 0. The smallest absolute Gasteiger partial charge is 0.223 e. The van der Waals surface area contributed by atoms with Crippen molar-refractivity contribution < 1.29 is 4.74 Å². The lowest BCUT2D eigenvalue weighted by atomic mass is 10.2. The molecule has 10 heteroatoms. The zero-order chi connectivity index (χ0) is 19.3. The van der Waals surface area contributed by atoms with Gasteiger partial charge in [-0.1, -0.05) is 6.07 Å². The second kappa shape index (κ2) is 6.41. The lowest BCUT2D eigenvalue weighted by Gasteiger charge is -2.26. The van der Waals surface area contributed by atoms with Gasteiger partial charge in [0, 0.05) is 31.4 Å². The number of fused-ring (bicyclic) bond motifs is 4. The van der Waals surface area contributed by atoms with E-state index < -0.39 is 0 Å². The normalized spacial score (nSPS) is 14.6. The third-order valence-electron chi connectivity index (χ3n) is 5.22. The highest BCUT2D eigenvalue weighted by Crippen LogP contribution is 2.27. The van der Waals surface area contributed by atoms with E-state index in [4.69, 9.17) is 15.5 Å². The molecule has 0 radical (unpaired) electrons. The predicted molar refractivity (Wildman–Crippen MR) is 103 cm³/mol. The van der Waals surface area contributed by atoms with Crippen LogP contribution in [0.4, 0.5) is 5.95 Å². The van der Waals surface area contributed by atoms with Crippen molar-refractivity contribution in [3.8, 4) is 5.75 Å². The summed E-state index contributed by atoms with van der Waals surface area (Å²) in [6.45, 7) is 5.50. The molecule has 1 aliphatic heterocycles. The number of para-hydroxylation sites is 1. The number of anilines is 1. The highest BCUT2D eigenvalue weighted by molar-refractivity contribution is 5.95. The fourth-order valence-electron chi connectivity index (χ4n) is 3.74. The number of hydrogen-bond acceptors (Lipinski definition) is 8. The Morgan fingerprint density at radius 2 is 2.07 bits per heavy atom. The highest BCUT2D eigenvalue weighted by Gasteiger charge is 2.20. The van der Waals surface area contributed by atoms with Gasteiger partial charge in [0.15, 0.2) is 11.5 Å². The van der Waals surface area contributed by atoms with Crippen molar-refractivity contribution in [2.24, 2.45) is 0 Å². The maximum Gasteiger partial charge on any atom is 0.223 e. The minimum absolute atomic E-state index is 0.298. The monoisotopic (exact) mass is 379 g/mol. The summed E-state index contributed by atoms with van der Waals surface area (Å²) in [7, 11) is 1.62. The topological polar surface area (TPSA) is 112 Å². The van der Waals surface area contributed by atoms with Gasteiger partial charge >= 0.3 is 0 Å². The Morgan fingerprint density at radius 1 is 1.18 bits per heavy atom. The van der Waals surface area contributed by atoms with E-state index in [1.807, 2.05) is 25.1 Å². The Labute approximate surface area is 161 Å². The second-order valence-corrected chi connectivity index (χ2v) is 6.93. The van der Waals surface area contributed by atoms with Gasteiger partial charge in [-0.2, -0.15) is 4.52 Å². The average Bonchev–Trinajstić information content (AvgIpc) is 3.30. The maximum atomic E-state index is 6.12. The van der Waals surface area contributed by atoms with Crippen molar-refractivity contribution >= 4 is 22.5 Å². The largest absolute Gasteiger partial charge is 0.494 e. The first-order valence-electron chi connectivity index (χ1n) is 9.23. The predicted octanol–water partition coefficient (Wildman–Crippen LogP) is 0.827. The van der Waals surface area contributed by atoms with Gasteiger partial charge < -0.3 is 15.0 Å². The zero-order valence-corrected chi connectivity index (χ0v) is 15.8. The lowest BCUT2D eigenvalue weighted by Crippen LogP contribution is -2.35. The summed E-state index contributed by atoms with van der Waals surface area (Å²) in [5, 5.41) is 13.9. The van der Waals surface area contributed by atoms with Crippen LogP contribution in [0.1, 0.15) is 17.5 Å². The molecule has 0 bridgehead atoms. The molecule has 0 amide bonds. The molecule has 144 valence electrons. The maximum absolute atomic E-state index is 6.12. The number of ether oxygens (including phenoxy) is 1. The molecule has 0 saturated heterocycles. The lowest BCUT2D eigenvalue weighted by molar-refractivity contribution is 0.217. The van der Waals surface area contributed by atoms with Crippen molar-refractivity contribution in [2.45, 2.75) is 26.4 Å². The Hall–Kier alpha value is -3.27.